The molecule has 1 saturated heterocycles. The van der Waals surface area contributed by atoms with E-state index < -0.39 is 0 Å². The molecule has 2 fully saturated rings. The Bertz CT molecular complexity index is 296. The van der Waals surface area contributed by atoms with Gasteiger partial charge < -0.3 is 10.5 Å². The summed E-state index contributed by atoms with van der Waals surface area (Å²) < 4.78 is 5.76. The van der Waals surface area contributed by atoms with Crippen LogP contribution in [0.15, 0.2) is 0 Å². The molecule has 0 amide bonds. The Morgan fingerprint density at radius 3 is 2.74 bits per heavy atom. The molecule has 3 nitrogen and oxygen atoms in total. The van der Waals surface area contributed by atoms with Gasteiger partial charge in [0.15, 0.2) is 0 Å². The molecule has 19 heavy (non-hydrogen) atoms. The molecule has 1 heterocycles. The predicted octanol–water partition coefficient (Wildman–Crippen LogP) is 2.79. The van der Waals surface area contributed by atoms with E-state index in [1.807, 2.05) is 7.11 Å². The highest BCUT2D eigenvalue weighted by molar-refractivity contribution is 5.00. The lowest BCUT2D eigenvalue weighted by molar-refractivity contribution is -0.0913. The van der Waals surface area contributed by atoms with Gasteiger partial charge in [0, 0.05) is 25.7 Å². The fourth-order valence-corrected chi connectivity index (χ4v) is 4.19. The van der Waals surface area contributed by atoms with E-state index in [-0.39, 0.29) is 11.1 Å². The van der Waals surface area contributed by atoms with E-state index in [2.05, 4.69) is 18.7 Å². The molecule has 0 aromatic rings. The number of rotatable bonds is 4. The molecular formula is C16H32N2O. The first-order valence-electron chi connectivity index (χ1n) is 8.08. The van der Waals surface area contributed by atoms with Crippen LogP contribution in [0.2, 0.25) is 0 Å². The van der Waals surface area contributed by atoms with Crippen molar-refractivity contribution >= 4 is 0 Å². The average molecular weight is 268 g/mol. The fourth-order valence-electron chi connectivity index (χ4n) is 4.19. The molecule has 112 valence electrons. The molecule has 1 aliphatic heterocycles. The van der Waals surface area contributed by atoms with Crippen molar-refractivity contribution in [1.29, 1.82) is 0 Å². The Morgan fingerprint density at radius 2 is 2.11 bits per heavy atom. The molecule has 1 saturated carbocycles. The van der Waals surface area contributed by atoms with Crippen LogP contribution >= 0.6 is 0 Å². The zero-order valence-electron chi connectivity index (χ0n) is 13.1. The standard InChI is InChI=1S/C16H32N2O/c1-4-14-7-5-9-16(11-14,12-17)18-10-6-8-15(2,13-18)19-3/h14H,4-13,17H2,1-3H3. The summed E-state index contributed by atoms with van der Waals surface area (Å²) in [5, 5.41) is 0. The van der Waals surface area contributed by atoms with Crippen molar-refractivity contribution in [2.45, 2.75) is 69.9 Å². The maximum Gasteiger partial charge on any atom is 0.0777 e. The van der Waals surface area contributed by atoms with Crippen molar-refractivity contribution in [3.05, 3.63) is 0 Å². The second kappa shape index (κ2) is 6.11. The number of likely N-dealkylation sites (tertiary alicyclic amines) is 1. The third-order valence-corrected chi connectivity index (χ3v) is 5.70. The van der Waals surface area contributed by atoms with Gasteiger partial charge in [-0.05, 0) is 45.1 Å². The molecule has 2 N–H and O–H groups in total. The first-order valence-corrected chi connectivity index (χ1v) is 8.08. The lowest BCUT2D eigenvalue weighted by Crippen LogP contribution is -2.62. The summed E-state index contributed by atoms with van der Waals surface area (Å²) in [5.41, 5.74) is 6.51. The van der Waals surface area contributed by atoms with E-state index in [0.29, 0.717) is 0 Å². The van der Waals surface area contributed by atoms with Gasteiger partial charge in [-0.2, -0.15) is 0 Å². The number of nitrogens with zero attached hydrogens (tertiary/aromatic N) is 1. The van der Waals surface area contributed by atoms with Gasteiger partial charge in [-0.3, -0.25) is 4.90 Å². The molecule has 1 aliphatic carbocycles. The van der Waals surface area contributed by atoms with Crippen LogP contribution in [0, 0.1) is 5.92 Å². The van der Waals surface area contributed by atoms with Crippen molar-refractivity contribution in [2.24, 2.45) is 11.7 Å². The second-order valence-corrected chi connectivity index (χ2v) is 6.98. The van der Waals surface area contributed by atoms with Gasteiger partial charge in [-0.15, -0.1) is 0 Å². The molecule has 0 aromatic heterocycles. The average Bonchev–Trinajstić information content (AvgIpc) is 2.47. The minimum atomic E-state index is 0.0274. The minimum absolute atomic E-state index is 0.0274. The first-order chi connectivity index (χ1) is 9.07. The summed E-state index contributed by atoms with van der Waals surface area (Å²) in [6, 6.07) is 0. The summed E-state index contributed by atoms with van der Waals surface area (Å²) in [6.07, 6.45) is 9.03. The van der Waals surface area contributed by atoms with Gasteiger partial charge in [0.25, 0.3) is 0 Å². The van der Waals surface area contributed by atoms with Crippen molar-refractivity contribution in [1.82, 2.24) is 4.90 Å². The maximum absolute atomic E-state index is 6.23. The van der Waals surface area contributed by atoms with Gasteiger partial charge >= 0.3 is 0 Å². The molecule has 3 heteroatoms. The van der Waals surface area contributed by atoms with Crippen molar-refractivity contribution in [3.63, 3.8) is 0 Å². The molecule has 3 atom stereocenters. The number of methoxy groups -OCH3 is 1. The molecule has 0 spiro atoms. The Hall–Kier alpha value is -0.120. The molecule has 3 unspecified atom stereocenters. The molecular weight excluding hydrogens is 236 g/mol. The van der Waals surface area contributed by atoms with Crippen LogP contribution in [0.3, 0.4) is 0 Å². The summed E-state index contributed by atoms with van der Waals surface area (Å²) in [4.78, 5) is 2.67. The molecule has 0 radical (unpaired) electrons. The van der Waals surface area contributed by atoms with Crippen molar-refractivity contribution < 1.29 is 4.74 Å². The van der Waals surface area contributed by atoms with Gasteiger partial charge in [0.1, 0.15) is 0 Å². The number of hydrogen-bond donors (Lipinski definition) is 1. The Labute approximate surface area is 118 Å². The van der Waals surface area contributed by atoms with Crippen LogP contribution in [0.4, 0.5) is 0 Å². The normalized spacial score (nSPS) is 41.4. The highest BCUT2D eigenvalue weighted by Crippen LogP contribution is 2.40. The van der Waals surface area contributed by atoms with Crippen LogP contribution in [0.1, 0.15) is 58.8 Å². The number of ether oxygens (including phenoxy) is 1. The molecule has 0 bridgehead atoms. The topological polar surface area (TPSA) is 38.5 Å². The fraction of sp³-hybridized carbons (Fsp3) is 1.00. The number of nitrogens with two attached hydrogens (primary N) is 1. The summed E-state index contributed by atoms with van der Waals surface area (Å²) in [6.45, 7) is 7.64. The lowest BCUT2D eigenvalue weighted by atomic mass is 9.72. The lowest BCUT2D eigenvalue weighted by Gasteiger charge is -2.53. The maximum atomic E-state index is 6.23. The Morgan fingerprint density at radius 1 is 1.32 bits per heavy atom. The second-order valence-electron chi connectivity index (χ2n) is 6.98. The number of hydrogen-bond acceptors (Lipinski definition) is 3. The van der Waals surface area contributed by atoms with Crippen LogP contribution < -0.4 is 5.73 Å². The third kappa shape index (κ3) is 3.14. The monoisotopic (exact) mass is 268 g/mol. The smallest absolute Gasteiger partial charge is 0.0777 e. The third-order valence-electron chi connectivity index (χ3n) is 5.70. The van der Waals surface area contributed by atoms with E-state index in [9.17, 15) is 0 Å². The van der Waals surface area contributed by atoms with Crippen molar-refractivity contribution in [3.8, 4) is 0 Å². The van der Waals surface area contributed by atoms with E-state index in [4.69, 9.17) is 10.5 Å². The molecule has 0 aromatic carbocycles. The largest absolute Gasteiger partial charge is 0.377 e. The van der Waals surface area contributed by atoms with Crippen LogP contribution in [0.25, 0.3) is 0 Å². The van der Waals surface area contributed by atoms with Gasteiger partial charge in [0.2, 0.25) is 0 Å². The zero-order chi connectivity index (χ0) is 13.9. The quantitative estimate of drug-likeness (QED) is 0.852. The van der Waals surface area contributed by atoms with Gasteiger partial charge in [-0.25, -0.2) is 0 Å². The van der Waals surface area contributed by atoms with Crippen LogP contribution in [-0.2, 0) is 4.74 Å². The van der Waals surface area contributed by atoms with Crippen molar-refractivity contribution in [2.75, 3.05) is 26.7 Å². The van der Waals surface area contributed by atoms with Crippen LogP contribution in [-0.4, -0.2) is 42.8 Å². The van der Waals surface area contributed by atoms with Gasteiger partial charge in [-0.1, -0.05) is 26.2 Å². The van der Waals surface area contributed by atoms with Gasteiger partial charge in [0.05, 0.1) is 5.60 Å². The van der Waals surface area contributed by atoms with E-state index >= 15 is 0 Å². The minimum Gasteiger partial charge on any atom is -0.377 e. The highest BCUT2D eigenvalue weighted by atomic mass is 16.5. The Kier molecular flexibility index (Phi) is 4.91. The molecule has 2 rings (SSSR count). The Balaban J connectivity index is 2.11. The summed E-state index contributed by atoms with van der Waals surface area (Å²) in [7, 11) is 1.86. The summed E-state index contributed by atoms with van der Waals surface area (Å²) in [5.74, 6) is 0.869. The van der Waals surface area contributed by atoms with E-state index in [1.54, 1.807) is 0 Å². The SMILES string of the molecule is CCC1CCCC(CN)(N2CCCC(C)(OC)C2)C1. The van der Waals surface area contributed by atoms with Crippen LogP contribution in [0.5, 0.6) is 0 Å². The summed E-state index contributed by atoms with van der Waals surface area (Å²) >= 11 is 0. The highest BCUT2D eigenvalue weighted by Gasteiger charge is 2.44. The zero-order valence-corrected chi connectivity index (χ0v) is 13.1. The first kappa shape index (κ1) is 15.3. The predicted molar refractivity (Wildman–Crippen MR) is 80.3 cm³/mol. The molecule has 2 aliphatic rings. The van der Waals surface area contributed by atoms with E-state index in [1.165, 1.54) is 51.5 Å². The van der Waals surface area contributed by atoms with E-state index in [0.717, 1.165) is 19.0 Å². The number of piperidine rings is 1.